The van der Waals surface area contributed by atoms with Gasteiger partial charge < -0.3 is 10.5 Å². The van der Waals surface area contributed by atoms with Crippen LogP contribution in [0.2, 0.25) is 0 Å². The predicted octanol–water partition coefficient (Wildman–Crippen LogP) is 2.19. The first-order valence-corrected chi connectivity index (χ1v) is 6.34. The summed E-state index contributed by atoms with van der Waals surface area (Å²) in [4.78, 5) is 2.45. The number of nitrogens with zero attached hydrogens (tertiary/aromatic N) is 1. The van der Waals surface area contributed by atoms with E-state index >= 15 is 0 Å². The highest BCUT2D eigenvalue weighted by Gasteiger charge is 2.15. The topological polar surface area (TPSA) is 38.5 Å². The van der Waals surface area contributed by atoms with Crippen molar-refractivity contribution in [2.45, 2.75) is 32.9 Å². The molecule has 1 saturated heterocycles. The second-order valence-corrected chi connectivity index (χ2v) is 4.96. The fourth-order valence-corrected chi connectivity index (χ4v) is 2.27. The zero-order valence-electron chi connectivity index (χ0n) is 10.8. The fraction of sp³-hybridized carbons (Fsp3) is 0.571. The van der Waals surface area contributed by atoms with E-state index in [0.29, 0.717) is 6.10 Å². The highest BCUT2D eigenvalue weighted by atomic mass is 16.5. The summed E-state index contributed by atoms with van der Waals surface area (Å²) < 4.78 is 5.65. The number of hydrogen-bond donors (Lipinski definition) is 1. The molecule has 1 fully saturated rings. The van der Waals surface area contributed by atoms with Gasteiger partial charge in [-0.2, -0.15) is 0 Å². The molecular formula is C14H22N2O. The number of aryl methyl sites for hydroxylation is 1. The van der Waals surface area contributed by atoms with Crippen LogP contribution in [0.1, 0.15) is 24.5 Å². The summed E-state index contributed by atoms with van der Waals surface area (Å²) in [5.74, 6) is 0. The third kappa shape index (κ3) is 3.45. The molecule has 0 saturated carbocycles. The van der Waals surface area contributed by atoms with Gasteiger partial charge in [-0.3, -0.25) is 4.90 Å². The fourth-order valence-electron chi connectivity index (χ4n) is 2.27. The molecule has 3 heteroatoms. The molecule has 0 radical (unpaired) electrons. The van der Waals surface area contributed by atoms with Gasteiger partial charge in [0, 0.05) is 31.9 Å². The number of ether oxygens (including phenoxy) is 1. The normalized spacial score (nSPS) is 22.4. The van der Waals surface area contributed by atoms with Crippen molar-refractivity contribution in [2.75, 3.05) is 25.4 Å². The van der Waals surface area contributed by atoms with Crippen LogP contribution in [-0.2, 0) is 11.3 Å². The minimum atomic E-state index is 0.334. The Hall–Kier alpha value is -1.06. The van der Waals surface area contributed by atoms with Crippen LogP contribution in [0.25, 0.3) is 0 Å². The lowest BCUT2D eigenvalue weighted by molar-refractivity contribution is 0.0668. The SMILES string of the molecule is Cc1ccc(CN2CCCOC(C)C2)cc1N. The Morgan fingerprint density at radius 2 is 2.29 bits per heavy atom. The molecule has 1 aromatic carbocycles. The van der Waals surface area contributed by atoms with Gasteiger partial charge in [0.2, 0.25) is 0 Å². The highest BCUT2D eigenvalue weighted by Crippen LogP contribution is 2.16. The van der Waals surface area contributed by atoms with Crippen molar-refractivity contribution in [1.82, 2.24) is 4.90 Å². The van der Waals surface area contributed by atoms with E-state index < -0.39 is 0 Å². The Morgan fingerprint density at radius 1 is 1.47 bits per heavy atom. The zero-order valence-corrected chi connectivity index (χ0v) is 10.8. The molecule has 1 aromatic rings. The number of nitrogen functional groups attached to an aromatic ring is 1. The summed E-state index contributed by atoms with van der Waals surface area (Å²) in [5.41, 5.74) is 9.28. The first-order valence-electron chi connectivity index (χ1n) is 6.34. The average molecular weight is 234 g/mol. The van der Waals surface area contributed by atoms with Crippen molar-refractivity contribution < 1.29 is 4.74 Å². The first-order chi connectivity index (χ1) is 8.15. The molecule has 1 aliphatic heterocycles. The average Bonchev–Trinajstić information content (AvgIpc) is 2.48. The van der Waals surface area contributed by atoms with Gasteiger partial charge in [-0.15, -0.1) is 0 Å². The van der Waals surface area contributed by atoms with Gasteiger partial charge in [0.15, 0.2) is 0 Å². The van der Waals surface area contributed by atoms with Crippen molar-refractivity contribution in [2.24, 2.45) is 0 Å². The maximum absolute atomic E-state index is 5.94. The Kier molecular flexibility index (Phi) is 4.02. The first kappa shape index (κ1) is 12.4. The summed E-state index contributed by atoms with van der Waals surface area (Å²) in [6.07, 6.45) is 1.45. The van der Waals surface area contributed by atoms with E-state index in [9.17, 15) is 0 Å². The van der Waals surface area contributed by atoms with E-state index in [2.05, 4.69) is 30.0 Å². The van der Waals surface area contributed by atoms with Crippen molar-refractivity contribution in [1.29, 1.82) is 0 Å². The van der Waals surface area contributed by atoms with Crippen LogP contribution in [-0.4, -0.2) is 30.7 Å². The second kappa shape index (κ2) is 5.52. The minimum Gasteiger partial charge on any atom is -0.399 e. The maximum Gasteiger partial charge on any atom is 0.0674 e. The monoisotopic (exact) mass is 234 g/mol. The largest absolute Gasteiger partial charge is 0.399 e. The standard InChI is InChI=1S/C14H22N2O/c1-11-4-5-13(8-14(11)15)10-16-6-3-7-17-12(2)9-16/h4-5,8,12H,3,6-7,9-10,15H2,1-2H3. The molecular weight excluding hydrogens is 212 g/mol. The van der Waals surface area contributed by atoms with Gasteiger partial charge in [-0.1, -0.05) is 12.1 Å². The van der Waals surface area contributed by atoms with E-state index in [1.54, 1.807) is 0 Å². The summed E-state index contributed by atoms with van der Waals surface area (Å²) in [6.45, 7) is 8.15. The minimum absolute atomic E-state index is 0.334. The Bertz CT molecular complexity index is 378. The van der Waals surface area contributed by atoms with Crippen LogP contribution >= 0.6 is 0 Å². The molecule has 1 aliphatic rings. The van der Waals surface area contributed by atoms with Crippen molar-refractivity contribution in [3.8, 4) is 0 Å². The van der Waals surface area contributed by atoms with Crippen LogP contribution in [0, 0.1) is 6.92 Å². The van der Waals surface area contributed by atoms with Crippen LogP contribution in [0.3, 0.4) is 0 Å². The quantitative estimate of drug-likeness (QED) is 0.797. The molecule has 1 unspecified atom stereocenters. The van der Waals surface area contributed by atoms with E-state index in [-0.39, 0.29) is 0 Å². The van der Waals surface area contributed by atoms with Crippen molar-refractivity contribution in [3.05, 3.63) is 29.3 Å². The molecule has 2 N–H and O–H groups in total. The lowest BCUT2D eigenvalue weighted by Crippen LogP contribution is -2.29. The predicted molar refractivity (Wildman–Crippen MR) is 70.9 cm³/mol. The van der Waals surface area contributed by atoms with Gasteiger partial charge in [-0.25, -0.2) is 0 Å². The van der Waals surface area contributed by atoms with Crippen molar-refractivity contribution >= 4 is 5.69 Å². The zero-order chi connectivity index (χ0) is 12.3. The van der Waals surface area contributed by atoms with Crippen LogP contribution in [0.4, 0.5) is 5.69 Å². The molecule has 17 heavy (non-hydrogen) atoms. The third-order valence-corrected chi connectivity index (χ3v) is 3.29. The van der Waals surface area contributed by atoms with E-state index in [0.717, 1.165) is 43.9 Å². The number of anilines is 1. The smallest absolute Gasteiger partial charge is 0.0674 e. The molecule has 0 bridgehead atoms. The van der Waals surface area contributed by atoms with Gasteiger partial charge in [0.25, 0.3) is 0 Å². The highest BCUT2D eigenvalue weighted by molar-refractivity contribution is 5.48. The van der Waals surface area contributed by atoms with Crippen LogP contribution in [0.5, 0.6) is 0 Å². The van der Waals surface area contributed by atoms with E-state index in [1.807, 2.05) is 6.92 Å². The molecule has 0 spiro atoms. The number of hydrogen-bond acceptors (Lipinski definition) is 3. The molecule has 1 heterocycles. The molecule has 0 aromatic heterocycles. The third-order valence-electron chi connectivity index (χ3n) is 3.29. The summed E-state index contributed by atoms with van der Waals surface area (Å²) >= 11 is 0. The van der Waals surface area contributed by atoms with Crippen molar-refractivity contribution in [3.63, 3.8) is 0 Å². The molecule has 1 atom stereocenters. The van der Waals surface area contributed by atoms with Crippen LogP contribution < -0.4 is 5.73 Å². The van der Waals surface area contributed by atoms with Crippen LogP contribution in [0.15, 0.2) is 18.2 Å². The van der Waals surface area contributed by atoms with Gasteiger partial charge in [0.05, 0.1) is 6.10 Å². The van der Waals surface area contributed by atoms with E-state index in [4.69, 9.17) is 10.5 Å². The molecule has 94 valence electrons. The summed E-state index contributed by atoms with van der Waals surface area (Å²) in [6, 6.07) is 6.36. The number of benzene rings is 1. The molecule has 3 nitrogen and oxygen atoms in total. The number of nitrogens with two attached hydrogens (primary N) is 1. The Labute approximate surface area is 104 Å². The van der Waals surface area contributed by atoms with Gasteiger partial charge >= 0.3 is 0 Å². The second-order valence-electron chi connectivity index (χ2n) is 4.96. The lowest BCUT2D eigenvalue weighted by Gasteiger charge is -2.22. The number of rotatable bonds is 2. The van der Waals surface area contributed by atoms with E-state index in [1.165, 1.54) is 5.56 Å². The summed E-state index contributed by atoms with van der Waals surface area (Å²) in [7, 11) is 0. The van der Waals surface area contributed by atoms with Gasteiger partial charge in [-0.05, 0) is 37.5 Å². The molecule has 2 rings (SSSR count). The Morgan fingerprint density at radius 3 is 3.06 bits per heavy atom. The lowest BCUT2D eigenvalue weighted by atomic mass is 10.1. The molecule has 0 aliphatic carbocycles. The summed E-state index contributed by atoms with van der Waals surface area (Å²) in [5, 5.41) is 0. The molecule has 0 amide bonds. The Balaban J connectivity index is 2.01. The maximum atomic E-state index is 5.94. The van der Waals surface area contributed by atoms with Gasteiger partial charge in [0.1, 0.15) is 0 Å².